The number of hydrogen-bond acceptors (Lipinski definition) is 3. The van der Waals surface area contributed by atoms with E-state index < -0.39 is 0 Å². The average molecular weight is 422 g/mol. The van der Waals surface area contributed by atoms with E-state index in [0.717, 1.165) is 39.0 Å². The van der Waals surface area contributed by atoms with Crippen molar-refractivity contribution in [3.8, 4) is 0 Å². The minimum Gasteiger partial charge on any atom is -0.339 e. The fraction of sp³-hybridized carbons (Fsp3) is 0.462. The van der Waals surface area contributed by atoms with Crippen molar-refractivity contribution in [2.75, 3.05) is 25.0 Å². The fourth-order valence-electron chi connectivity index (χ4n) is 4.01. The van der Waals surface area contributed by atoms with Crippen LogP contribution in [0.5, 0.6) is 0 Å². The molecule has 3 rings (SSSR count). The molecule has 0 bridgehead atoms. The Labute approximate surface area is 186 Å². The maximum Gasteiger partial charge on any atom is 0.255 e. The Morgan fingerprint density at radius 3 is 2.03 bits per heavy atom. The van der Waals surface area contributed by atoms with E-state index in [1.807, 2.05) is 29.2 Å². The number of benzene rings is 2. The van der Waals surface area contributed by atoms with Gasteiger partial charge >= 0.3 is 0 Å². The summed E-state index contributed by atoms with van der Waals surface area (Å²) in [5.41, 5.74) is 3.19. The van der Waals surface area contributed by atoms with Gasteiger partial charge in [-0.2, -0.15) is 0 Å². The van der Waals surface area contributed by atoms with Gasteiger partial charge in [-0.05, 0) is 75.2 Å². The molecule has 0 spiro atoms. The summed E-state index contributed by atoms with van der Waals surface area (Å²) >= 11 is 0. The zero-order valence-corrected chi connectivity index (χ0v) is 19.1. The third kappa shape index (κ3) is 6.41. The van der Waals surface area contributed by atoms with E-state index in [4.69, 9.17) is 0 Å². The van der Waals surface area contributed by atoms with Crippen LogP contribution < -0.4 is 5.32 Å². The molecule has 0 atom stereocenters. The van der Waals surface area contributed by atoms with E-state index >= 15 is 0 Å². The minimum absolute atomic E-state index is 0.0814. The monoisotopic (exact) mass is 421 g/mol. The van der Waals surface area contributed by atoms with Gasteiger partial charge in [0, 0.05) is 42.5 Å². The number of likely N-dealkylation sites (tertiary alicyclic amines) is 1. The van der Waals surface area contributed by atoms with Crippen molar-refractivity contribution in [2.45, 2.75) is 59.0 Å². The Morgan fingerprint density at radius 2 is 1.48 bits per heavy atom. The number of anilines is 1. The molecule has 166 valence electrons. The second-order valence-corrected chi connectivity index (χ2v) is 8.59. The first kappa shape index (κ1) is 23.0. The highest BCUT2D eigenvalue weighted by molar-refractivity contribution is 6.04. The van der Waals surface area contributed by atoms with Crippen molar-refractivity contribution in [3.63, 3.8) is 0 Å². The van der Waals surface area contributed by atoms with Gasteiger partial charge in [-0.15, -0.1) is 0 Å². The molecule has 0 radical (unpaired) electrons. The normalized spacial score (nSPS) is 14.5. The molecule has 0 unspecified atom stereocenters. The second-order valence-electron chi connectivity index (χ2n) is 8.59. The van der Waals surface area contributed by atoms with Crippen LogP contribution in [0.4, 0.5) is 5.69 Å². The molecule has 1 heterocycles. The number of rotatable bonds is 7. The standard InChI is InChI=1S/C26H35N3O2/c1-4-28(20(2)3)19-21-9-11-22(12-10-21)25(30)27-24-15-13-23(14-16-24)26(31)29-17-7-5-6-8-18-29/h9-16,20H,4-8,17-19H2,1-3H3,(H,27,30). The van der Waals surface area contributed by atoms with Crippen molar-refractivity contribution in [1.82, 2.24) is 9.80 Å². The lowest BCUT2D eigenvalue weighted by Gasteiger charge is -2.24. The summed E-state index contributed by atoms with van der Waals surface area (Å²) in [7, 11) is 0. The van der Waals surface area contributed by atoms with Crippen LogP contribution in [0.2, 0.25) is 0 Å². The van der Waals surface area contributed by atoms with Crippen LogP contribution in [0.25, 0.3) is 0 Å². The molecule has 1 fully saturated rings. The Kier molecular flexibility index (Phi) is 8.24. The lowest BCUT2D eigenvalue weighted by molar-refractivity contribution is 0.0761. The first-order valence-corrected chi connectivity index (χ1v) is 11.5. The molecule has 1 aliphatic heterocycles. The number of carbonyl (C=O) groups excluding carboxylic acids is 2. The van der Waals surface area contributed by atoms with E-state index in [1.165, 1.54) is 18.4 Å². The number of nitrogens with zero attached hydrogens (tertiary/aromatic N) is 2. The van der Waals surface area contributed by atoms with Gasteiger partial charge < -0.3 is 10.2 Å². The summed E-state index contributed by atoms with van der Waals surface area (Å²) < 4.78 is 0. The van der Waals surface area contributed by atoms with Crippen LogP contribution in [-0.4, -0.2) is 47.3 Å². The molecule has 0 aromatic heterocycles. The van der Waals surface area contributed by atoms with E-state index in [9.17, 15) is 9.59 Å². The molecule has 0 saturated carbocycles. The lowest BCUT2D eigenvalue weighted by atomic mass is 10.1. The molecule has 1 saturated heterocycles. The van der Waals surface area contributed by atoms with Crippen molar-refractivity contribution >= 4 is 17.5 Å². The maximum absolute atomic E-state index is 12.7. The molecule has 2 aromatic carbocycles. The molecule has 31 heavy (non-hydrogen) atoms. The highest BCUT2D eigenvalue weighted by Crippen LogP contribution is 2.17. The molecule has 1 N–H and O–H groups in total. The van der Waals surface area contributed by atoms with Crippen LogP contribution in [-0.2, 0) is 6.54 Å². The summed E-state index contributed by atoms with van der Waals surface area (Å²) in [6.45, 7) is 10.1. The molecule has 1 aliphatic rings. The lowest BCUT2D eigenvalue weighted by Crippen LogP contribution is -2.31. The zero-order valence-electron chi connectivity index (χ0n) is 19.1. The Bertz CT molecular complexity index is 851. The first-order valence-electron chi connectivity index (χ1n) is 11.5. The van der Waals surface area contributed by atoms with Gasteiger partial charge in [-0.3, -0.25) is 14.5 Å². The van der Waals surface area contributed by atoms with Crippen LogP contribution in [0.1, 0.15) is 72.7 Å². The smallest absolute Gasteiger partial charge is 0.255 e. The zero-order chi connectivity index (χ0) is 22.2. The summed E-state index contributed by atoms with van der Waals surface area (Å²) in [4.78, 5) is 29.7. The van der Waals surface area contributed by atoms with E-state index in [0.29, 0.717) is 22.9 Å². The van der Waals surface area contributed by atoms with Gasteiger partial charge in [0.15, 0.2) is 0 Å². The number of amides is 2. The number of hydrogen-bond donors (Lipinski definition) is 1. The Hall–Kier alpha value is -2.66. The predicted molar refractivity (Wildman–Crippen MR) is 126 cm³/mol. The first-order chi connectivity index (χ1) is 15.0. The molecule has 2 amide bonds. The minimum atomic E-state index is -0.144. The van der Waals surface area contributed by atoms with Crippen LogP contribution >= 0.6 is 0 Å². The topological polar surface area (TPSA) is 52.7 Å². The quantitative estimate of drug-likeness (QED) is 0.670. The van der Waals surface area contributed by atoms with Crippen molar-refractivity contribution in [2.24, 2.45) is 0 Å². The number of carbonyl (C=O) groups is 2. The molecule has 5 nitrogen and oxygen atoms in total. The summed E-state index contributed by atoms with van der Waals surface area (Å²) in [6, 6.07) is 15.5. The van der Waals surface area contributed by atoms with E-state index in [-0.39, 0.29) is 11.8 Å². The highest BCUT2D eigenvalue weighted by atomic mass is 16.2. The molecular formula is C26H35N3O2. The third-order valence-corrected chi connectivity index (χ3v) is 6.02. The fourth-order valence-corrected chi connectivity index (χ4v) is 4.01. The summed E-state index contributed by atoms with van der Waals surface area (Å²) in [5.74, 6) is -0.0627. The average Bonchev–Trinajstić information content (AvgIpc) is 3.07. The largest absolute Gasteiger partial charge is 0.339 e. The van der Waals surface area contributed by atoms with Gasteiger partial charge in [0.05, 0.1) is 0 Å². The van der Waals surface area contributed by atoms with Crippen LogP contribution in [0, 0.1) is 0 Å². The molecule has 5 heteroatoms. The van der Waals surface area contributed by atoms with Crippen LogP contribution in [0.15, 0.2) is 48.5 Å². The van der Waals surface area contributed by atoms with Gasteiger partial charge in [0.1, 0.15) is 0 Å². The number of nitrogens with one attached hydrogen (secondary N) is 1. The van der Waals surface area contributed by atoms with Gasteiger partial charge in [0.2, 0.25) is 0 Å². The second kappa shape index (κ2) is 11.1. The molecule has 0 aliphatic carbocycles. The Balaban J connectivity index is 1.58. The maximum atomic E-state index is 12.7. The Morgan fingerprint density at radius 1 is 0.903 bits per heavy atom. The van der Waals surface area contributed by atoms with Crippen molar-refractivity contribution in [3.05, 3.63) is 65.2 Å². The predicted octanol–water partition coefficient (Wildman–Crippen LogP) is 5.19. The van der Waals surface area contributed by atoms with Crippen molar-refractivity contribution in [1.29, 1.82) is 0 Å². The third-order valence-electron chi connectivity index (χ3n) is 6.02. The van der Waals surface area contributed by atoms with Gasteiger partial charge in [0.25, 0.3) is 11.8 Å². The van der Waals surface area contributed by atoms with E-state index in [1.54, 1.807) is 24.3 Å². The van der Waals surface area contributed by atoms with Gasteiger partial charge in [-0.25, -0.2) is 0 Å². The van der Waals surface area contributed by atoms with Crippen LogP contribution in [0.3, 0.4) is 0 Å². The highest BCUT2D eigenvalue weighted by Gasteiger charge is 2.17. The molecule has 2 aromatic rings. The van der Waals surface area contributed by atoms with E-state index in [2.05, 4.69) is 31.0 Å². The van der Waals surface area contributed by atoms with Gasteiger partial charge in [-0.1, -0.05) is 31.9 Å². The van der Waals surface area contributed by atoms with Crippen molar-refractivity contribution < 1.29 is 9.59 Å². The summed E-state index contributed by atoms with van der Waals surface area (Å²) in [5, 5.41) is 2.93. The SMILES string of the molecule is CCN(Cc1ccc(C(=O)Nc2ccc(C(=O)N3CCCCCC3)cc2)cc1)C(C)C. The summed E-state index contributed by atoms with van der Waals surface area (Å²) in [6.07, 6.45) is 4.55. The molecular weight excluding hydrogens is 386 g/mol.